The van der Waals surface area contributed by atoms with E-state index in [0.717, 1.165) is 18.9 Å². The van der Waals surface area contributed by atoms with Gasteiger partial charge in [-0.1, -0.05) is 0 Å². The lowest BCUT2D eigenvalue weighted by molar-refractivity contribution is 0.545. The van der Waals surface area contributed by atoms with E-state index in [-0.39, 0.29) is 5.38 Å². The van der Waals surface area contributed by atoms with Gasteiger partial charge >= 0.3 is 0 Å². The lowest BCUT2D eigenvalue weighted by atomic mass is 9.91. The van der Waals surface area contributed by atoms with Crippen molar-refractivity contribution < 1.29 is 8.78 Å². The number of hydrogen-bond donors (Lipinski definition) is 0. The molecule has 0 saturated carbocycles. The van der Waals surface area contributed by atoms with Gasteiger partial charge in [0.2, 0.25) is 0 Å². The number of hydrogen-bond acceptors (Lipinski definition) is 0. The predicted molar refractivity (Wildman–Crippen MR) is 47.9 cm³/mol. The van der Waals surface area contributed by atoms with Gasteiger partial charge in [-0.15, -0.1) is 11.6 Å². The van der Waals surface area contributed by atoms with E-state index in [1.165, 1.54) is 6.07 Å². The number of fused-ring (bicyclic) bond motifs is 1. The van der Waals surface area contributed by atoms with Crippen LogP contribution in [0.5, 0.6) is 0 Å². The Balaban J connectivity index is 2.56. The Morgan fingerprint density at radius 3 is 2.85 bits per heavy atom. The quantitative estimate of drug-likeness (QED) is 0.564. The molecule has 13 heavy (non-hydrogen) atoms. The Hall–Kier alpha value is -0.630. The number of halogens is 3. The number of benzene rings is 1. The van der Waals surface area contributed by atoms with Gasteiger partial charge in [-0.2, -0.15) is 0 Å². The Morgan fingerprint density at radius 2 is 2.08 bits per heavy atom. The minimum atomic E-state index is -0.538. The zero-order valence-electron chi connectivity index (χ0n) is 6.99. The zero-order chi connectivity index (χ0) is 9.42. The second-order valence-corrected chi connectivity index (χ2v) is 3.84. The minimum Gasteiger partial charge on any atom is -0.207 e. The maximum absolute atomic E-state index is 13.2. The molecule has 1 unspecified atom stereocenters. The van der Waals surface area contributed by atoms with Crippen molar-refractivity contribution >= 4 is 11.6 Å². The topological polar surface area (TPSA) is 0 Å². The molecule has 1 aromatic rings. The average molecular weight is 203 g/mol. The Labute approximate surface area is 80.5 Å². The van der Waals surface area contributed by atoms with Crippen molar-refractivity contribution in [3.8, 4) is 0 Å². The standard InChI is InChI=1S/C10H9ClF2/c11-9-3-1-2-7-8(9)4-6(12)5-10(7)13/h4-5,9H,1-3H2. The van der Waals surface area contributed by atoms with Gasteiger partial charge in [-0.05, 0) is 36.5 Å². The van der Waals surface area contributed by atoms with Gasteiger partial charge in [0.25, 0.3) is 0 Å². The summed E-state index contributed by atoms with van der Waals surface area (Å²) >= 11 is 5.96. The first kappa shape index (κ1) is 8.95. The van der Waals surface area contributed by atoms with Gasteiger partial charge < -0.3 is 0 Å². The van der Waals surface area contributed by atoms with Crippen LogP contribution in [0.15, 0.2) is 12.1 Å². The largest absolute Gasteiger partial charge is 0.207 e. The summed E-state index contributed by atoms with van der Waals surface area (Å²) < 4.78 is 26.0. The van der Waals surface area contributed by atoms with Gasteiger partial charge in [0, 0.05) is 6.07 Å². The minimum absolute atomic E-state index is 0.228. The molecule has 0 amide bonds. The molecule has 1 aromatic carbocycles. The van der Waals surface area contributed by atoms with Crippen LogP contribution in [-0.2, 0) is 6.42 Å². The van der Waals surface area contributed by atoms with Crippen LogP contribution in [0.4, 0.5) is 8.78 Å². The highest BCUT2D eigenvalue weighted by molar-refractivity contribution is 6.21. The van der Waals surface area contributed by atoms with Gasteiger partial charge in [-0.3, -0.25) is 0 Å². The molecular formula is C10H9ClF2. The molecule has 3 heteroatoms. The van der Waals surface area contributed by atoms with E-state index in [2.05, 4.69) is 0 Å². The number of alkyl halides is 1. The van der Waals surface area contributed by atoms with Crippen LogP contribution in [0, 0.1) is 11.6 Å². The van der Waals surface area contributed by atoms with Crippen molar-refractivity contribution in [2.24, 2.45) is 0 Å². The SMILES string of the molecule is Fc1cc(F)c2c(c1)C(Cl)CCC2. The van der Waals surface area contributed by atoms with Crippen molar-refractivity contribution in [2.75, 3.05) is 0 Å². The molecule has 0 heterocycles. The molecule has 0 aromatic heterocycles. The molecule has 1 aliphatic rings. The fourth-order valence-electron chi connectivity index (χ4n) is 1.78. The molecule has 0 nitrogen and oxygen atoms in total. The van der Waals surface area contributed by atoms with Gasteiger partial charge in [0.1, 0.15) is 11.6 Å². The van der Waals surface area contributed by atoms with Crippen LogP contribution in [0.3, 0.4) is 0 Å². The third-order valence-corrected chi connectivity index (χ3v) is 2.87. The van der Waals surface area contributed by atoms with Crippen molar-refractivity contribution in [3.63, 3.8) is 0 Å². The molecule has 0 radical (unpaired) electrons. The molecule has 2 rings (SSSR count). The third kappa shape index (κ3) is 1.55. The van der Waals surface area contributed by atoms with Crippen LogP contribution in [-0.4, -0.2) is 0 Å². The first-order chi connectivity index (χ1) is 6.18. The summed E-state index contributed by atoms with van der Waals surface area (Å²) in [4.78, 5) is 0. The van der Waals surface area contributed by atoms with Crippen LogP contribution < -0.4 is 0 Å². The summed E-state index contributed by atoms with van der Waals surface area (Å²) in [5, 5.41) is -0.228. The van der Waals surface area contributed by atoms with Gasteiger partial charge in [0.15, 0.2) is 0 Å². The summed E-state index contributed by atoms with van der Waals surface area (Å²) in [6.07, 6.45) is 2.35. The van der Waals surface area contributed by atoms with Gasteiger partial charge in [-0.25, -0.2) is 8.78 Å². The van der Waals surface area contributed by atoms with Crippen molar-refractivity contribution in [1.29, 1.82) is 0 Å². The molecule has 1 atom stereocenters. The van der Waals surface area contributed by atoms with Crippen LogP contribution in [0.1, 0.15) is 29.3 Å². The van der Waals surface area contributed by atoms with Crippen LogP contribution in [0.25, 0.3) is 0 Å². The molecule has 0 spiro atoms. The summed E-state index contributed by atoms with van der Waals surface area (Å²) in [7, 11) is 0. The Kier molecular flexibility index (Phi) is 2.24. The maximum Gasteiger partial charge on any atom is 0.129 e. The summed E-state index contributed by atoms with van der Waals surface area (Å²) in [5.41, 5.74) is 1.22. The molecule has 0 bridgehead atoms. The van der Waals surface area contributed by atoms with E-state index in [1.54, 1.807) is 0 Å². The molecule has 0 aliphatic heterocycles. The molecule has 0 N–H and O–H groups in total. The van der Waals surface area contributed by atoms with E-state index in [1.807, 2.05) is 0 Å². The summed E-state index contributed by atoms with van der Waals surface area (Å²) in [6, 6.07) is 2.27. The highest BCUT2D eigenvalue weighted by Gasteiger charge is 2.21. The van der Waals surface area contributed by atoms with E-state index in [9.17, 15) is 8.78 Å². The fraction of sp³-hybridized carbons (Fsp3) is 0.400. The first-order valence-electron chi connectivity index (χ1n) is 4.30. The number of rotatable bonds is 0. The molecule has 1 aliphatic carbocycles. The van der Waals surface area contributed by atoms with Gasteiger partial charge in [0.05, 0.1) is 5.38 Å². The highest BCUT2D eigenvalue weighted by Crippen LogP contribution is 2.36. The summed E-state index contributed by atoms with van der Waals surface area (Å²) in [5.74, 6) is -0.996. The second kappa shape index (κ2) is 3.26. The van der Waals surface area contributed by atoms with Crippen molar-refractivity contribution in [3.05, 3.63) is 34.9 Å². The maximum atomic E-state index is 13.2. The highest BCUT2D eigenvalue weighted by atomic mass is 35.5. The fourth-order valence-corrected chi connectivity index (χ4v) is 2.13. The predicted octanol–water partition coefficient (Wildman–Crippen LogP) is 3.58. The first-order valence-corrected chi connectivity index (χ1v) is 4.74. The van der Waals surface area contributed by atoms with Crippen molar-refractivity contribution in [1.82, 2.24) is 0 Å². The van der Waals surface area contributed by atoms with Crippen molar-refractivity contribution in [2.45, 2.75) is 24.6 Å². The molecule has 0 fully saturated rings. The second-order valence-electron chi connectivity index (χ2n) is 3.32. The van der Waals surface area contributed by atoms with Crippen LogP contribution >= 0.6 is 11.6 Å². The average Bonchev–Trinajstić information content (AvgIpc) is 2.07. The normalized spacial score (nSPS) is 21.3. The molecule has 0 saturated heterocycles. The molecule has 70 valence electrons. The smallest absolute Gasteiger partial charge is 0.129 e. The Bertz CT molecular complexity index is 336. The van der Waals surface area contributed by atoms with E-state index < -0.39 is 11.6 Å². The van der Waals surface area contributed by atoms with E-state index >= 15 is 0 Å². The Morgan fingerprint density at radius 1 is 1.31 bits per heavy atom. The lowest BCUT2D eigenvalue weighted by Gasteiger charge is -2.20. The molecular weight excluding hydrogens is 194 g/mol. The third-order valence-electron chi connectivity index (χ3n) is 2.42. The monoisotopic (exact) mass is 202 g/mol. The van der Waals surface area contributed by atoms with E-state index in [4.69, 9.17) is 11.6 Å². The summed E-state index contributed by atoms with van der Waals surface area (Å²) in [6.45, 7) is 0. The van der Waals surface area contributed by atoms with Crippen LogP contribution in [0.2, 0.25) is 0 Å². The zero-order valence-corrected chi connectivity index (χ0v) is 7.74. The van der Waals surface area contributed by atoms with E-state index in [0.29, 0.717) is 17.5 Å². The lowest BCUT2D eigenvalue weighted by Crippen LogP contribution is -2.08.